The SMILES string of the molecule is COC(=O)CNS(=O)(=O)/C=C/c1ccc(Cl)cc1. The molecule has 0 heterocycles. The van der Waals surface area contributed by atoms with E-state index in [1.165, 1.54) is 13.2 Å². The molecule has 5 nitrogen and oxygen atoms in total. The predicted octanol–water partition coefficient (Wildman–Crippen LogP) is 1.40. The lowest BCUT2D eigenvalue weighted by Gasteiger charge is -2.00. The fourth-order valence-corrected chi connectivity index (χ4v) is 1.90. The smallest absolute Gasteiger partial charge is 0.320 e. The number of esters is 1. The number of rotatable bonds is 5. The Kier molecular flexibility index (Phi) is 5.33. The minimum atomic E-state index is -3.66. The van der Waals surface area contributed by atoms with E-state index in [2.05, 4.69) is 9.46 Å². The quantitative estimate of drug-likeness (QED) is 0.832. The van der Waals surface area contributed by atoms with Crippen LogP contribution < -0.4 is 4.72 Å². The maximum Gasteiger partial charge on any atom is 0.320 e. The van der Waals surface area contributed by atoms with Crippen LogP contribution >= 0.6 is 11.6 Å². The molecule has 98 valence electrons. The van der Waals surface area contributed by atoms with Gasteiger partial charge in [-0.15, -0.1) is 0 Å². The molecule has 0 saturated heterocycles. The summed E-state index contributed by atoms with van der Waals surface area (Å²) >= 11 is 5.70. The lowest BCUT2D eigenvalue weighted by molar-refractivity contribution is -0.139. The van der Waals surface area contributed by atoms with Crippen LogP contribution in [0.5, 0.6) is 0 Å². The van der Waals surface area contributed by atoms with Crippen molar-refractivity contribution >= 4 is 33.7 Å². The highest BCUT2D eigenvalue weighted by Gasteiger charge is 2.08. The molecule has 0 amide bonds. The van der Waals surface area contributed by atoms with Crippen LogP contribution in [0.15, 0.2) is 29.7 Å². The summed E-state index contributed by atoms with van der Waals surface area (Å²) < 4.78 is 29.3. The van der Waals surface area contributed by atoms with Crippen molar-refractivity contribution in [3.05, 3.63) is 40.3 Å². The van der Waals surface area contributed by atoms with Crippen molar-refractivity contribution in [3.63, 3.8) is 0 Å². The first kappa shape index (κ1) is 14.7. The average molecular weight is 290 g/mol. The molecule has 0 aliphatic rings. The highest BCUT2D eigenvalue weighted by atomic mass is 35.5. The van der Waals surface area contributed by atoms with Gasteiger partial charge in [-0.2, -0.15) is 0 Å². The number of carbonyl (C=O) groups excluding carboxylic acids is 1. The Morgan fingerprint density at radius 1 is 1.39 bits per heavy atom. The van der Waals surface area contributed by atoms with Gasteiger partial charge in [-0.25, -0.2) is 13.1 Å². The highest BCUT2D eigenvalue weighted by Crippen LogP contribution is 2.10. The van der Waals surface area contributed by atoms with Crippen molar-refractivity contribution in [2.75, 3.05) is 13.7 Å². The predicted molar refractivity (Wildman–Crippen MR) is 69.4 cm³/mol. The van der Waals surface area contributed by atoms with Crippen LogP contribution in [0.4, 0.5) is 0 Å². The number of ether oxygens (including phenoxy) is 1. The van der Waals surface area contributed by atoms with Gasteiger partial charge in [0.05, 0.1) is 7.11 Å². The second-order valence-electron chi connectivity index (χ2n) is 3.30. The Hall–Kier alpha value is -1.37. The average Bonchev–Trinajstić information content (AvgIpc) is 2.35. The third-order valence-electron chi connectivity index (χ3n) is 1.96. The van der Waals surface area contributed by atoms with Crippen LogP contribution in [0.1, 0.15) is 5.56 Å². The third kappa shape index (κ3) is 5.31. The molecule has 1 aromatic carbocycles. The van der Waals surface area contributed by atoms with Crippen LogP contribution in [-0.4, -0.2) is 28.0 Å². The van der Waals surface area contributed by atoms with Crippen LogP contribution in [0.3, 0.4) is 0 Å². The summed E-state index contributed by atoms with van der Waals surface area (Å²) in [5.74, 6) is -0.654. The van der Waals surface area contributed by atoms with Gasteiger partial charge >= 0.3 is 5.97 Å². The molecule has 18 heavy (non-hydrogen) atoms. The highest BCUT2D eigenvalue weighted by molar-refractivity contribution is 7.92. The van der Waals surface area contributed by atoms with Gasteiger partial charge in [0.2, 0.25) is 10.0 Å². The first-order valence-electron chi connectivity index (χ1n) is 4.93. The second-order valence-corrected chi connectivity index (χ2v) is 5.38. The topological polar surface area (TPSA) is 72.5 Å². The molecular formula is C11H12ClNO4S. The fourth-order valence-electron chi connectivity index (χ4n) is 1.02. The van der Waals surface area contributed by atoms with Gasteiger partial charge in [0, 0.05) is 10.4 Å². The minimum absolute atomic E-state index is 0.399. The van der Waals surface area contributed by atoms with Gasteiger partial charge in [-0.05, 0) is 23.8 Å². The molecule has 0 bridgehead atoms. The van der Waals surface area contributed by atoms with Crippen molar-refractivity contribution < 1.29 is 17.9 Å². The number of hydrogen-bond donors (Lipinski definition) is 1. The van der Waals surface area contributed by atoms with Gasteiger partial charge in [0.1, 0.15) is 6.54 Å². The lowest BCUT2D eigenvalue weighted by atomic mass is 10.2. The molecule has 0 aliphatic heterocycles. The molecule has 1 rings (SSSR count). The van der Waals surface area contributed by atoms with Crippen molar-refractivity contribution in [2.45, 2.75) is 0 Å². The van der Waals surface area contributed by atoms with Gasteiger partial charge < -0.3 is 4.74 Å². The zero-order valence-electron chi connectivity index (χ0n) is 9.59. The monoisotopic (exact) mass is 289 g/mol. The van der Waals surface area contributed by atoms with Gasteiger partial charge in [0.25, 0.3) is 0 Å². The van der Waals surface area contributed by atoms with E-state index in [0.717, 1.165) is 5.41 Å². The third-order valence-corrected chi connectivity index (χ3v) is 3.25. The van der Waals surface area contributed by atoms with E-state index in [1.54, 1.807) is 24.3 Å². The Labute approximate surface area is 110 Å². The number of sulfonamides is 1. The number of nitrogens with one attached hydrogen (secondary N) is 1. The molecule has 1 aromatic rings. The van der Waals surface area contributed by atoms with Crippen LogP contribution in [0, 0.1) is 0 Å². The molecule has 0 spiro atoms. The lowest BCUT2D eigenvalue weighted by Crippen LogP contribution is -2.28. The van der Waals surface area contributed by atoms with Gasteiger partial charge in [0.15, 0.2) is 0 Å². The van der Waals surface area contributed by atoms with Gasteiger partial charge in [-0.1, -0.05) is 23.7 Å². The molecule has 0 fully saturated rings. The first-order chi connectivity index (χ1) is 8.43. The van der Waals surface area contributed by atoms with Gasteiger partial charge in [-0.3, -0.25) is 4.79 Å². The summed E-state index contributed by atoms with van der Waals surface area (Å²) in [4.78, 5) is 10.8. The molecule has 0 atom stereocenters. The van der Waals surface area contributed by atoms with Crippen molar-refractivity contribution in [1.29, 1.82) is 0 Å². The van der Waals surface area contributed by atoms with E-state index in [4.69, 9.17) is 11.6 Å². The van der Waals surface area contributed by atoms with E-state index in [1.807, 2.05) is 0 Å². The number of halogens is 1. The Bertz CT molecular complexity index is 537. The first-order valence-corrected chi connectivity index (χ1v) is 6.85. The zero-order valence-corrected chi connectivity index (χ0v) is 11.2. The molecule has 0 unspecified atom stereocenters. The maximum atomic E-state index is 11.5. The van der Waals surface area contributed by atoms with Crippen molar-refractivity contribution in [3.8, 4) is 0 Å². The summed E-state index contributed by atoms with van der Waals surface area (Å²) in [7, 11) is -2.48. The van der Waals surface area contributed by atoms with E-state index < -0.39 is 22.5 Å². The summed E-state index contributed by atoms with van der Waals surface area (Å²) in [5.41, 5.74) is 0.683. The van der Waals surface area contributed by atoms with E-state index in [0.29, 0.717) is 10.6 Å². The summed E-state index contributed by atoms with van der Waals surface area (Å²) in [6.07, 6.45) is 1.40. The largest absolute Gasteiger partial charge is 0.468 e. The van der Waals surface area contributed by atoms with E-state index in [9.17, 15) is 13.2 Å². The van der Waals surface area contributed by atoms with Crippen molar-refractivity contribution in [1.82, 2.24) is 4.72 Å². The van der Waals surface area contributed by atoms with E-state index in [-0.39, 0.29) is 0 Å². The molecule has 1 N–H and O–H groups in total. The normalized spacial score (nSPS) is 11.7. The maximum absolute atomic E-state index is 11.5. The fraction of sp³-hybridized carbons (Fsp3) is 0.182. The molecule has 0 aromatic heterocycles. The zero-order chi connectivity index (χ0) is 13.6. The summed E-state index contributed by atoms with van der Waals surface area (Å²) in [6.45, 7) is -0.399. The molecular weight excluding hydrogens is 278 g/mol. The Morgan fingerprint density at radius 2 is 2.00 bits per heavy atom. The summed E-state index contributed by atoms with van der Waals surface area (Å²) in [5, 5.41) is 1.54. The number of hydrogen-bond acceptors (Lipinski definition) is 4. The Morgan fingerprint density at radius 3 is 2.56 bits per heavy atom. The number of benzene rings is 1. The molecule has 0 saturated carbocycles. The number of carbonyl (C=O) groups is 1. The second kappa shape index (κ2) is 6.53. The van der Waals surface area contributed by atoms with Crippen LogP contribution in [-0.2, 0) is 19.6 Å². The summed E-state index contributed by atoms with van der Waals surface area (Å²) in [6, 6.07) is 6.65. The van der Waals surface area contributed by atoms with Crippen molar-refractivity contribution in [2.24, 2.45) is 0 Å². The Balaban J connectivity index is 2.65. The molecule has 0 aliphatic carbocycles. The molecule has 0 radical (unpaired) electrons. The van der Waals surface area contributed by atoms with Crippen LogP contribution in [0.25, 0.3) is 6.08 Å². The number of methoxy groups -OCH3 is 1. The standard InChI is InChI=1S/C11H12ClNO4S/c1-17-11(14)8-13-18(15,16)7-6-9-2-4-10(12)5-3-9/h2-7,13H,8H2,1H3/b7-6+. The minimum Gasteiger partial charge on any atom is -0.468 e. The van der Waals surface area contributed by atoms with E-state index >= 15 is 0 Å². The molecule has 7 heteroatoms. The van der Waals surface area contributed by atoms with Crippen LogP contribution in [0.2, 0.25) is 5.02 Å².